The molecule has 2 amide bonds. The van der Waals surface area contributed by atoms with Gasteiger partial charge in [0.1, 0.15) is 12.6 Å². The molecule has 0 saturated carbocycles. The number of nitrogens with one attached hydrogen (secondary N) is 2. The number of benzene rings is 2. The predicted molar refractivity (Wildman–Crippen MR) is 112 cm³/mol. The monoisotopic (exact) mass is 394 g/mol. The lowest BCUT2D eigenvalue weighted by Gasteiger charge is -2.21. The molecule has 2 N–H and O–H groups in total. The fraction of sp³-hybridized carbons (Fsp3) is 0.318. The smallest absolute Gasteiger partial charge is 0.408 e. The summed E-state index contributed by atoms with van der Waals surface area (Å²) in [6.45, 7) is 6.53. The van der Waals surface area contributed by atoms with Crippen LogP contribution in [0.3, 0.4) is 0 Å². The molecule has 152 valence electrons. The number of imidazole rings is 1. The molecule has 0 aliphatic heterocycles. The van der Waals surface area contributed by atoms with Crippen LogP contribution in [0.2, 0.25) is 0 Å². The van der Waals surface area contributed by atoms with Crippen molar-refractivity contribution < 1.29 is 14.3 Å². The van der Waals surface area contributed by atoms with Crippen molar-refractivity contribution in [1.82, 2.24) is 14.9 Å². The number of alkyl carbamates (subject to hydrolysis) is 1. The van der Waals surface area contributed by atoms with Crippen LogP contribution in [0, 0.1) is 5.92 Å². The molecule has 1 atom stereocenters. The zero-order valence-electron chi connectivity index (χ0n) is 16.9. The molecule has 3 rings (SSSR count). The number of para-hydroxylation sites is 2. The Morgan fingerprint density at radius 3 is 2.45 bits per heavy atom. The van der Waals surface area contributed by atoms with Crippen molar-refractivity contribution in [2.75, 3.05) is 5.32 Å². The third-order valence-corrected chi connectivity index (χ3v) is 4.64. The molecule has 0 saturated heterocycles. The number of nitrogens with zero attached hydrogens (tertiary/aromatic N) is 2. The minimum atomic E-state index is -0.747. The van der Waals surface area contributed by atoms with Gasteiger partial charge in [0, 0.05) is 6.54 Å². The molecule has 0 spiro atoms. The Hall–Kier alpha value is -3.35. The molecular weight excluding hydrogens is 368 g/mol. The highest BCUT2D eigenvalue weighted by molar-refractivity contribution is 5.97. The summed E-state index contributed by atoms with van der Waals surface area (Å²) in [7, 11) is 0. The first-order valence-electron chi connectivity index (χ1n) is 9.73. The number of carbonyl (C=O) groups excluding carboxylic acids is 2. The van der Waals surface area contributed by atoms with Crippen molar-refractivity contribution in [3.63, 3.8) is 0 Å². The Labute approximate surface area is 170 Å². The van der Waals surface area contributed by atoms with Gasteiger partial charge < -0.3 is 14.6 Å². The highest BCUT2D eigenvalue weighted by Crippen LogP contribution is 2.20. The van der Waals surface area contributed by atoms with Gasteiger partial charge in [-0.15, -0.1) is 0 Å². The van der Waals surface area contributed by atoms with Crippen LogP contribution in [-0.2, 0) is 22.7 Å². The van der Waals surface area contributed by atoms with Crippen LogP contribution < -0.4 is 10.6 Å². The lowest BCUT2D eigenvalue weighted by molar-refractivity contribution is -0.119. The van der Waals surface area contributed by atoms with Crippen LogP contribution in [0.25, 0.3) is 11.0 Å². The van der Waals surface area contributed by atoms with E-state index in [0.717, 1.165) is 16.6 Å². The summed E-state index contributed by atoms with van der Waals surface area (Å²) in [5.41, 5.74) is 2.63. The number of carbonyl (C=O) groups is 2. The second-order valence-electron chi connectivity index (χ2n) is 7.09. The number of aromatic nitrogens is 2. The van der Waals surface area contributed by atoms with Crippen LogP contribution in [-0.4, -0.2) is 27.6 Å². The average molecular weight is 394 g/mol. The van der Waals surface area contributed by atoms with E-state index in [1.54, 1.807) is 0 Å². The van der Waals surface area contributed by atoms with Crippen molar-refractivity contribution in [3.8, 4) is 0 Å². The maximum absolute atomic E-state index is 12.9. The number of hydrogen-bond donors (Lipinski definition) is 2. The van der Waals surface area contributed by atoms with Gasteiger partial charge in [0.05, 0.1) is 11.0 Å². The van der Waals surface area contributed by atoms with Crippen molar-refractivity contribution >= 4 is 29.0 Å². The fourth-order valence-corrected chi connectivity index (χ4v) is 3.11. The molecule has 7 nitrogen and oxygen atoms in total. The zero-order chi connectivity index (χ0) is 20.8. The van der Waals surface area contributed by atoms with E-state index < -0.39 is 12.1 Å². The summed E-state index contributed by atoms with van der Waals surface area (Å²) in [5.74, 6) is 0.00389. The van der Waals surface area contributed by atoms with Gasteiger partial charge in [0.25, 0.3) is 0 Å². The quantitative estimate of drug-likeness (QED) is 0.635. The summed E-state index contributed by atoms with van der Waals surface area (Å²) >= 11 is 0. The van der Waals surface area contributed by atoms with Crippen LogP contribution >= 0.6 is 0 Å². The zero-order valence-corrected chi connectivity index (χ0v) is 16.9. The number of anilines is 1. The Kier molecular flexibility index (Phi) is 6.49. The van der Waals surface area contributed by atoms with Crippen molar-refractivity contribution in [2.45, 2.75) is 40.0 Å². The van der Waals surface area contributed by atoms with Gasteiger partial charge in [-0.25, -0.2) is 9.78 Å². The summed E-state index contributed by atoms with van der Waals surface area (Å²) < 4.78 is 7.18. The molecule has 0 radical (unpaired) electrons. The maximum atomic E-state index is 12.9. The lowest BCUT2D eigenvalue weighted by Crippen LogP contribution is -2.47. The molecule has 29 heavy (non-hydrogen) atoms. The Morgan fingerprint density at radius 1 is 1.07 bits per heavy atom. The number of hydrogen-bond acceptors (Lipinski definition) is 4. The molecule has 0 unspecified atom stereocenters. The molecule has 0 aliphatic carbocycles. The molecule has 3 aromatic rings. The van der Waals surface area contributed by atoms with E-state index >= 15 is 0 Å². The van der Waals surface area contributed by atoms with Gasteiger partial charge in [-0.2, -0.15) is 0 Å². The third-order valence-electron chi connectivity index (χ3n) is 4.64. The summed E-state index contributed by atoms with van der Waals surface area (Å²) in [6.07, 6.45) is -0.633. The van der Waals surface area contributed by atoms with Gasteiger partial charge in [0.15, 0.2) is 0 Å². The first-order valence-corrected chi connectivity index (χ1v) is 9.73. The molecule has 0 aliphatic rings. The minimum Gasteiger partial charge on any atom is -0.445 e. The van der Waals surface area contributed by atoms with Gasteiger partial charge in [-0.3, -0.25) is 10.1 Å². The Bertz CT molecular complexity index is 982. The number of ether oxygens (including phenoxy) is 1. The first kappa shape index (κ1) is 20.4. The third kappa shape index (κ3) is 4.93. The maximum Gasteiger partial charge on any atom is 0.408 e. The fourth-order valence-electron chi connectivity index (χ4n) is 3.11. The minimum absolute atomic E-state index is 0.126. The second kappa shape index (κ2) is 9.23. The lowest BCUT2D eigenvalue weighted by atomic mass is 10.0. The van der Waals surface area contributed by atoms with Crippen LogP contribution in [0.4, 0.5) is 10.7 Å². The van der Waals surface area contributed by atoms with E-state index in [2.05, 4.69) is 15.6 Å². The summed E-state index contributed by atoms with van der Waals surface area (Å²) in [4.78, 5) is 29.6. The van der Waals surface area contributed by atoms with E-state index in [9.17, 15) is 9.59 Å². The molecule has 1 aromatic heterocycles. The van der Waals surface area contributed by atoms with Crippen LogP contribution in [0.5, 0.6) is 0 Å². The number of aryl methyl sites for hydroxylation is 1. The van der Waals surface area contributed by atoms with Crippen molar-refractivity contribution in [1.29, 1.82) is 0 Å². The predicted octanol–water partition coefficient (Wildman–Crippen LogP) is 3.95. The van der Waals surface area contributed by atoms with E-state index in [-0.39, 0.29) is 18.4 Å². The average Bonchev–Trinajstić information content (AvgIpc) is 3.07. The van der Waals surface area contributed by atoms with Crippen LogP contribution in [0.15, 0.2) is 54.6 Å². The van der Waals surface area contributed by atoms with E-state index in [1.165, 1.54) is 0 Å². The standard InChI is InChI=1S/C22H26N4O3/c1-4-26-18-13-9-8-12-17(18)23-21(26)25-20(27)19(15(2)3)24-22(28)29-14-16-10-6-5-7-11-16/h5-13,15,19H,4,14H2,1-3H3,(H,24,28)(H,23,25,27)/t19-/m0/s1. The first-order chi connectivity index (χ1) is 14.0. The molecule has 0 bridgehead atoms. The highest BCUT2D eigenvalue weighted by atomic mass is 16.5. The van der Waals surface area contributed by atoms with Crippen molar-refractivity contribution in [3.05, 3.63) is 60.2 Å². The largest absolute Gasteiger partial charge is 0.445 e. The number of amides is 2. The van der Waals surface area contributed by atoms with E-state index in [4.69, 9.17) is 4.74 Å². The SMILES string of the molecule is CCn1c(NC(=O)[C@@H](NC(=O)OCc2ccccc2)C(C)C)nc2ccccc21. The summed E-state index contributed by atoms with van der Waals surface area (Å²) in [5, 5.41) is 5.52. The molecule has 7 heteroatoms. The summed E-state index contributed by atoms with van der Waals surface area (Å²) in [6, 6.07) is 16.3. The molecule has 2 aromatic carbocycles. The van der Waals surface area contributed by atoms with E-state index in [0.29, 0.717) is 12.5 Å². The normalized spacial score (nSPS) is 12.0. The molecule has 1 heterocycles. The van der Waals surface area contributed by atoms with Gasteiger partial charge in [0.2, 0.25) is 11.9 Å². The number of fused-ring (bicyclic) bond motifs is 1. The second-order valence-corrected chi connectivity index (χ2v) is 7.09. The molecule has 0 fully saturated rings. The molecular formula is C22H26N4O3. The van der Waals surface area contributed by atoms with Crippen molar-refractivity contribution in [2.24, 2.45) is 5.92 Å². The van der Waals surface area contributed by atoms with E-state index in [1.807, 2.05) is 79.9 Å². The van der Waals surface area contributed by atoms with Gasteiger partial charge in [-0.1, -0.05) is 56.3 Å². The Morgan fingerprint density at radius 2 is 1.76 bits per heavy atom. The van der Waals surface area contributed by atoms with Gasteiger partial charge in [-0.05, 0) is 30.5 Å². The Balaban J connectivity index is 1.67. The van der Waals surface area contributed by atoms with Gasteiger partial charge >= 0.3 is 6.09 Å². The number of rotatable bonds is 7. The highest BCUT2D eigenvalue weighted by Gasteiger charge is 2.26. The topological polar surface area (TPSA) is 85.2 Å². The van der Waals surface area contributed by atoms with Crippen LogP contribution in [0.1, 0.15) is 26.3 Å².